The molecule has 0 fully saturated rings. The molecule has 0 unspecified atom stereocenters. The van der Waals surface area contributed by atoms with Crippen LogP contribution in [-0.2, 0) is 6.42 Å². The fraction of sp³-hybridized carbons (Fsp3) is 0.409. The lowest BCUT2D eigenvalue weighted by atomic mass is 10.1. The molecule has 170 valence electrons. The second-order valence-electron chi connectivity index (χ2n) is 6.73. The summed E-state index contributed by atoms with van der Waals surface area (Å²) < 4.78 is 26.9. The minimum atomic E-state index is -0.0844. The monoisotopic (exact) mass is 452 g/mol. The van der Waals surface area contributed by atoms with Crippen LogP contribution in [0.25, 0.3) is 0 Å². The molecule has 0 aromatic heterocycles. The zero-order valence-corrected chi connectivity index (χ0v) is 19.0. The summed E-state index contributed by atoms with van der Waals surface area (Å²) in [4.78, 5) is 14.5. The Balaban J connectivity index is 0.00000341. The third-order valence-electron chi connectivity index (χ3n) is 4.98. The molecular weight excluding hydrogens is 424 g/mol. The molecule has 31 heavy (non-hydrogen) atoms. The van der Waals surface area contributed by atoms with Gasteiger partial charge in [-0.15, -0.1) is 12.4 Å². The minimum Gasteiger partial charge on any atom is -0.493 e. The third-order valence-corrected chi connectivity index (χ3v) is 4.98. The van der Waals surface area contributed by atoms with E-state index in [1.54, 1.807) is 45.5 Å². The molecule has 1 N–H and O–H groups in total. The molecule has 2 aromatic rings. The molecule has 1 aliphatic rings. The Bertz CT molecular complexity index is 893. The zero-order chi connectivity index (χ0) is 21.5. The number of methoxy groups -OCH3 is 4. The van der Waals surface area contributed by atoms with E-state index in [-0.39, 0.29) is 25.0 Å². The normalized spacial score (nSPS) is 12.4. The lowest BCUT2D eigenvalue weighted by Crippen LogP contribution is -2.42. The van der Waals surface area contributed by atoms with Crippen LogP contribution in [0.3, 0.4) is 0 Å². The van der Waals surface area contributed by atoms with E-state index in [0.29, 0.717) is 41.7 Å². The van der Waals surface area contributed by atoms with E-state index in [9.17, 15) is 4.79 Å². The van der Waals surface area contributed by atoms with Gasteiger partial charge in [-0.2, -0.15) is 0 Å². The van der Waals surface area contributed by atoms with Crippen molar-refractivity contribution in [2.24, 2.45) is 0 Å². The standard InChI is InChI=1S/C22H28N2O6.ClH/c1-26-17-6-5-15(11-19(17)27-2)7-8-23-9-10-24-14-30-18-13-21(29-4)20(28-3)12-16(18)22(24)25;/h5-6,11-13,23H,7-10,14H2,1-4H3;1H. The van der Waals surface area contributed by atoms with Crippen molar-refractivity contribution in [2.45, 2.75) is 6.42 Å². The van der Waals surface area contributed by atoms with E-state index >= 15 is 0 Å². The van der Waals surface area contributed by atoms with Crippen molar-refractivity contribution in [3.05, 3.63) is 41.5 Å². The number of nitrogens with zero attached hydrogens (tertiary/aromatic N) is 1. The van der Waals surface area contributed by atoms with E-state index in [4.69, 9.17) is 23.7 Å². The number of hydrogen-bond donors (Lipinski definition) is 1. The summed E-state index contributed by atoms with van der Waals surface area (Å²) in [6.07, 6.45) is 0.838. The number of rotatable bonds is 10. The van der Waals surface area contributed by atoms with Crippen molar-refractivity contribution in [1.29, 1.82) is 0 Å². The molecule has 1 heterocycles. The zero-order valence-electron chi connectivity index (χ0n) is 18.2. The van der Waals surface area contributed by atoms with Crippen molar-refractivity contribution >= 4 is 18.3 Å². The van der Waals surface area contributed by atoms with Gasteiger partial charge in [0.2, 0.25) is 0 Å². The van der Waals surface area contributed by atoms with Gasteiger partial charge in [0.1, 0.15) is 5.75 Å². The third kappa shape index (κ3) is 5.65. The summed E-state index contributed by atoms with van der Waals surface area (Å²) in [5.74, 6) is 2.90. The van der Waals surface area contributed by atoms with Crippen LogP contribution in [0.4, 0.5) is 0 Å². The summed E-state index contributed by atoms with van der Waals surface area (Å²) >= 11 is 0. The molecule has 9 heteroatoms. The summed E-state index contributed by atoms with van der Waals surface area (Å²) in [5.41, 5.74) is 1.62. The highest BCUT2D eigenvalue weighted by molar-refractivity contribution is 5.98. The highest BCUT2D eigenvalue weighted by Gasteiger charge is 2.27. The van der Waals surface area contributed by atoms with Gasteiger partial charge in [0, 0.05) is 25.2 Å². The van der Waals surface area contributed by atoms with Crippen molar-refractivity contribution in [3.8, 4) is 28.7 Å². The van der Waals surface area contributed by atoms with Crippen LogP contribution in [0, 0.1) is 0 Å². The molecule has 2 aromatic carbocycles. The molecule has 8 nitrogen and oxygen atoms in total. The van der Waals surface area contributed by atoms with E-state index in [1.165, 1.54) is 0 Å². The van der Waals surface area contributed by atoms with Gasteiger partial charge in [0.05, 0.1) is 34.0 Å². The number of amides is 1. The number of ether oxygens (including phenoxy) is 5. The number of halogens is 1. The number of hydrogen-bond acceptors (Lipinski definition) is 7. The van der Waals surface area contributed by atoms with E-state index < -0.39 is 0 Å². The van der Waals surface area contributed by atoms with Crippen molar-refractivity contribution in [1.82, 2.24) is 10.2 Å². The van der Waals surface area contributed by atoms with Crippen LogP contribution >= 0.6 is 12.4 Å². The fourth-order valence-corrected chi connectivity index (χ4v) is 3.30. The number of carbonyl (C=O) groups excluding carboxylic acids is 1. The van der Waals surface area contributed by atoms with Gasteiger partial charge in [-0.1, -0.05) is 6.07 Å². The summed E-state index contributed by atoms with van der Waals surface area (Å²) in [5, 5.41) is 3.37. The SMILES string of the molecule is COc1ccc(CCNCCN2COc3cc(OC)c(OC)cc3C2=O)cc1OC.Cl. The van der Waals surface area contributed by atoms with Crippen LogP contribution in [0.5, 0.6) is 28.7 Å². The van der Waals surface area contributed by atoms with E-state index in [1.807, 2.05) is 18.2 Å². The Hall–Kier alpha value is -2.84. The van der Waals surface area contributed by atoms with Crippen LogP contribution in [0.15, 0.2) is 30.3 Å². The highest BCUT2D eigenvalue weighted by Crippen LogP contribution is 2.37. The topological polar surface area (TPSA) is 78.5 Å². The Kier molecular flexibility index (Phi) is 9.08. The predicted molar refractivity (Wildman–Crippen MR) is 119 cm³/mol. The van der Waals surface area contributed by atoms with Gasteiger partial charge in [-0.05, 0) is 30.7 Å². The van der Waals surface area contributed by atoms with E-state index in [0.717, 1.165) is 24.3 Å². The number of carbonyl (C=O) groups is 1. The van der Waals surface area contributed by atoms with Gasteiger partial charge < -0.3 is 33.9 Å². The quantitative estimate of drug-likeness (QED) is 0.555. The molecule has 1 aliphatic heterocycles. The maximum atomic E-state index is 12.8. The lowest BCUT2D eigenvalue weighted by molar-refractivity contribution is 0.0523. The highest BCUT2D eigenvalue weighted by atomic mass is 35.5. The first-order valence-corrected chi connectivity index (χ1v) is 9.71. The Morgan fingerprint density at radius 2 is 1.55 bits per heavy atom. The second kappa shape index (κ2) is 11.5. The van der Waals surface area contributed by atoms with Crippen LogP contribution in [0.2, 0.25) is 0 Å². The molecule has 0 saturated carbocycles. The maximum Gasteiger partial charge on any atom is 0.260 e. The average molecular weight is 453 g/mol. The molecule has 0 saturated heterocycles. The number of benzene rings is 2. The van der Waals surface area contributed by atoms with Gasteiger partial charge in [0.25, 0.3) is 5.91 Å². The van der Waals surface area contributed by atoms with Crippen molar-refractivity contribution in [3.63, 3.8) is 0 Å². The Morgan fingerprint density at radius 3 is 2.23 bits per heavy atom. The minimum absolute atomic E-state index is 0. The molecule has 0 aliphatic carbocycles. The molecule has 0 spiro atoms. The second-order valence-corrected chi connectivity index (χ2v) is 6.73. The molecule has 0 bridgehead atoms. The Labute approximate surface area is 188 Å². The molecule has 3 rings (SSSR count). The van der Waals surface area contributed by atoms with Crippen LogP contribution in [0.1, 0.15) is 15.9 Å². The maximum absolute atomic E-state index is 12.8. The summed E-state index contributed by atoms with van der Waals surface area (Å²) in [6, 6.07) is 9.24. The summed E-state index contributed by atoms with van der Waals surface area (Å²) in [7, 11) is 6.34. The first-order chi connectivity index (χ1) is 14.6. The Morgan fingerprint density at radius 1 is 0.903 bits per heavy atom. The first kappa shape index (κ1) is 24.4. The smallest absolute Gasteiger partial charge is 0.260 e. The lowest BCUT2D eigenvalue weighted by Gasteiger charge is -2.29. The number of fused-ring (bicyclic) bond motifs is 1. The largest absolute Gasteiger partial charge is 0.493 e. The molecular formula is C22H29ClN2O6. The average Bonchev–Trinajstić information content (AvgIpc) is 2.79. The van der Waals surface area contributed by atoms with Gasteiger partial charge >= 0.3 is 0 Å². The molecule has 1 amide bonds. The number of nitrogens with one attached hydrogen (secondary N) is 1. The summed E-state index contributed by atoms with van der Waals surface area (Å²) in [6.45, 7) is 2.18. The first-order valence-electron chi connectivity index (χ1n) is 9.71. The van der Waals surface area contributed by atoms with Crippen molar-refractivity contribution < 1.29 is 28.5 Å². The predicted octanol–water partition coefficient (Wildman–Crippen LogP) is 2.77. The van der Waals surface area contributed by atoms with Gasteiger partial charge in [-0.3, -0.25) is 4.79 Å². The van der Waals surface area contributed by atoms with Crippen LogP contribution in [-0.4, -0.2) is 65.6 Å². The van der Waals surface area contributed by atoms with Crippen LogP contribution < -0.4 is 29.0 Å². The molecule has 0 radical (unpaired) electrons. The fourth-order valence-electron chi connectivity index (χ4n) is 3.30. The van der Waals surface area contributed by atoms with Crippen molar-refractivity contribution in [2.75, 3.05) is 54.8 Å². The molecule has 0 atom stereocenters. The van der Waals surface area contributed by atoms with Gasteiger partial charge in [0.15, 0.2) is 29.7 Å². The van der Waals surface area contributed by atoms with E-state index in [2.05, 4.69) is 5.32 Å². The van der Waals surface area contributed by atoms with Gasteiger partial charge in [-0.25, -0.2) is 0 Å².